The number of amides is 2. The van der Waals surface area contributed by atoms with E-state index in [0.29, 0.717) is 25.3 Å². The Morgan fingerprint density at radius 1 is 1.24 bits per heavy atom. The summed E-state index contributed by atoms with van der Waals surface area (Å²) in [5, 5.41) is 9.73. The summed E-state index contributed by atoms with van der Waals surface area (Å²) in [6.07, 6.45) is 3.53. The lowest BCUT2D eigenvalue weighted by Gasteiger charge is -2.27. The summed E-state index contributed by atoms with van der Waals surface area (Å²) < 4.78 is 10.7. The van der Waals surface area contributed by atoms with E-state index >= 15 is 0 Å². The van der Waals surface area contributed by atoms with Gasteiger partial charge in [-0.05, 0) is 50.7 Å². The molecular weight excluding hydrogens is 370 g/mol. The molecule has 0 radical (unpaired) electrons. The Morgan fingerprint density at radius 2 is 2.10 bits per heavy atom. The van der Waals surface area contributed by atoms with Gasteiger partial charge in [0.05, 0.1) is 24.7 Å². The number of benzene rings is 1. The van der Waals surface area contributed by atoms with Crippen LogP contribution in [0.25, 0.3) is 0 Å². The van der Waals surface area contributed by atoms with Crippen molar-refractivity contribution in [1.29, 1.82) is 0 Å². The molecule has 1 aromatic heterocycles. The van der Waals surface area contributed by atoms with Gasteiger partial charge in [0, 0.05) is 12.6 Å². The lowest BCUT2D eigenvalue weighted by Crippen LogP contribution is -2.36. The predicted octanol–water partition coefficient (Wildman–Crippen LogP) is 2.62. The van der Waals surface area contributed by atoms with Crippen LogP contribution >= 0.6 is 0 Å². The van der Waals surface area contributed by atoms with E-state index in [9.17, 15) is 9.59 Å². The lowest BCUT2D eigenvalue weighted by atomic mass is 9.86. The van der Waals surface area contributed by atoms with Gasteiger partial charge in [0.25, 0.3) is 5.91 Å². The molecule has 4 rings (SSSR count). The number of hydrogen-bond acceptors (Lipinski definition) is 5. The number of rotatable bonds is 5. The highest BCUT2D eigenvalue weighted by Gasteiger charge is 2.33. The molecule has 7 heteroatoms. The second-order valence-corrected chi connectivity index (χ2v) is 8.08. The van der Waals surface area contributed by atoms with Crippen LogP contribution in [0.4, 0.5) is 0 Å². The number of carbonyl (C=O) groups excluding carboxylic acids is 2. The summed E-state index contributed by atoms with van der Waals surface area (Å²) in [7, 11) is 0. The molecule has 2 aliphatic rings. The first kappa shape index (κ1) is 19.6. The fourth-order valence-corrected chi connectivity index (χ4v) is 4.16. The topological polar surface area (TPSA) is 93.5 Å². The molecular formula is C22H27N3O4. The number of carbonyl (C=O) groups is 2. The third kappa shape index (κ3) is 4.50. The van der Waals surface area contributed by atoms with Crippen molar-refractivity contribution < 1.29 is 18.8 Å². The van der Waals surface area contributed by atoms with Gasteiger partial charge in [-0.1, -0.05) is 28.9 Å². The second kappa shape index (κ2) is 8.37. The molecule has 2 amide bonds. The highest BCUT2D eigenvalue weighted by Crippen LogP contribution is 2.31. The van der Waals surface area contributed by atoms with E-state index in [-0.39, 0.29) is 35.6 Å². The monoisotopic (exact) mass is 397 g/mol. The Bertz CT molecular complexity index is 907. The molecule has 1 aromatic carbocycles. The van der Waals surface area contributed by atoms with Crippen molar-refractivity contribution in [2.75, 3.05) is 13.2 Å². The molecule has 0 saturated carbocycles. The largest absolute Gasteiger partial charge is 0.376 e. The average molecular weight is 397 g/mol. The van der Waals surface area contributed by atoms with Crippen LogP contribution in [0, 0.1) is 19.8 Å². The number of ether oxygens (including phenoxy) is 1. The van der Waals surface area contributed by atoms with Crippen LogP contribution in [-0.2, 0) is 16.0 Å². The number of fused-ring (bicyclic) bond motifs is 1. The number of aromatic nitrogens is 1. The van der Waals surface area contributed by atoms with E-state index in [1.807, 2.05) is 0 Å². The van der Waals surface area contributed by atoms with Gasteiger partial charge in [0.2, 0.25) is 5.91 Å². The van der Waals surface area contributed by atoms with Crippen LogP contribution in [0.1, 0.15) is 58.2 Å². The highest BCUT2D eigenvalue weighted by molar-refractivity contribution is 5.92. The Balaban J connectivity index is 1.29. The van der Waals surface area contributed by atoms with E-state index in [2.05, 4.69) is 40.9 Å². The summed E-state index contributed by atoms with van der Waals surface area (Å²) in [5.41, 5.74) is 4.04. The summed E-state index contributed by atoms with van der Waals surface area (Å²) in [4.78, 5) is 24.9. The standard InChI is InChI=1S/C22H27N3O4/c1-13-6-7-15-4-3-5-19(18(15)8-13)24-21(26)16-10-17(28-12-16)11-23-22(27)20-9-14(2)29-25-20/h6-9,16-17,19H,3-5,10-12H2,1-2H3,(H,23,27)(H,24,26)/t16-,17-,19-/m0/s1. The fraction of sp³-hybridized carbons (Fsp3) is 0.500. The molecule has 29 heavy (non-hydrogen) atoms. The first-order valence-electron chi connectivity index (χ1n) is 10.2. The van der Waals surface area contributed by atoms with Crippen molar-refractivity contribution in [2.24, 2.45) is 5.92 Å². The normalized spacial score (nSPS) is 23.4. The number of nitrogens with zero attached hydrogens (tertiary/aromatic N) is 1. The van der Waals surface area contributed by atoms with Crippen LogP contribution in [0.2, 0.25) is 0 Å². The van der Waals surface area contributed by atoms with Crippen molar-refractivity contribution >= 4 is 11.8 Å². The SMILES string of the molecule is Cc1ccc2c(c1)[C@@H](NC(=O)[C@@H]1CO[C@H](CNC(=O)c3cc(C)on3)C1)CCC2. The smallest absolute Gasteiger partial charge is 0.273 e. The Labute approximate surface area is 170 Å². The zero-order valence-corrected chi connectivity index (χ0v) is 16.9. The maximum atomic E-state index is 12.8. The molecule has 1 saturated heterocycles. The minimum atomic E-state index is -0.299. The van der Waals surface area contributed by atoms with Crippen molar-refractivity contribution in [2.45, 2.75) is 51.7 Å². The van der Waals surface area contributed by atoms with Crippen LogP contribution < -0.4 is 10.6 Å². The lowest BCUT2D eigenvalue weighted by molar-refractivity contribution is -0.125. The molecule has 0 unspecified atom stereocenters. The quantitative estimate of drug-likeness (QED) is 0.809. The predicted molar refractivity (Wildman–Crippen MR) is 106 cm³/mol. The molecule has 2 heterocycles. The minimum Gasteiger partial charge on any atom is -0.376 e. The van der Waals surface area contributed by atoms with Crippen molar-refractivity contribution in [3.8, 4) is 0 Å². The van der Waals surface area contributed by atoms with Gasteiger partial charge in [-0.2, -0.15) is 0 Å². The Kier molecular flexibility index (Phi) is 5.67. The Hall–Kier alpha value is -2.67. The zero-order valence-electron chi connectivity index (χ0n) is 16.9. The summed E-state index contributed by atoms with van der Waals surface area (Å²) >= 11 is 0. The van der Waals surface area contributed by atoms with Gasteiger partial charge in [-0.15, -0.1) is 0 Å². The van der Waals surface area contributed by atoms with Crippen molar-refractivity contribution in [3.05, 3.63) is 52.4 Å². The van der Waals surface area contributed by atoms with E-state index in [0.717, 1.165) is 19.3 Å². The summed E-state index contributed by atoms with van der Waals surface area (Å²) in [5.74, 6) is 0.128. The molecule has 154 valence electrons. The van der Waals surface area contributed by atoms with Crippen molar-refractivity contribution in [1.82, 2.24) is 15.8 Å². The number of aryl methyl sites for hydroxylation is 3. The first-order chi connectivity index (χ1) is 14.0. The molecule has 0 bridgehead atoms. The fourth-order valence-electron chi connectivity index (χ4n) is 4.16. The van der Waals surface area contributed by atoms with E-state index in [4.69, 9.17) is 9.26 Å². The van der Waals surface area contributed by atoms with Crippen LogP contribution in [-0.4, -0.2) is 36.2 Å². The van der Waals surface area contributed by atoms with E-state index in [1.54, 1.807) is 13.0 Å². The third-order valence-electron chi connectivity index (χ3n) is 5.73. The van der Waals surface area contributed by atoms with Crippen LogP contribution in [0.5, 0.6) is 0 Å². The van der Waals surface area contributed by atoms with Gasteiger partial charge in [-0.3, -0.25) is 9.59 Å². The minimum absolute atomic E-state index is 0.0327. The second-order valence-electron chi connectivity index (χ2n) is 8.08. The third-order valence-corrected chi connectivity index (χ3v) is 5.73. The average Bonchev–Trinajstić information content (AvgIpc) is 3.36. The van der Waals surface area contributed by atoms with Gasteiger partial charge in [0.1, 0.15) is 5.76 Å². The van der Waals surface area contributed by atoms with Gasteiger partial charge in [0.15, 0.2) is 5.69 Å². The molecule has 0 spiro atoms. The van der Waals surface area contributed by atoms with Gasteiger partial charge >= 0.3 is 0 Å². The molecule has 3 atom stereocenters. The zero-order chi connectivity index (χ0) is 20.4. The van der Waals surface area contributed by atoms with Crippen molar-refractivity contribution in [3.63, 3.8) is 0 Å². The molecule has 1 fully saturated rings. The number of nitrogens with one attached hydrogen (secondary N) is 2. The summed E-state index contributed by atoms with van der Waals surface area (Å²) in [6, 6.07) is 8.16. The summed E-state index contributed by atoms with van der Waals surface area (Å²) in [6.45, 7) is 4.54. The maximum Gasteiger partial charge on any atom is 0.273 e. The van der Waals surface area contributed by atoms with Gasteiger partial charge < -0.3 is 19.9 Å². The molecule has 2 N–H and O–H groups in total. The highest BCUT2D eigenvalue weighted by atomic mass is 16.5. The van der Waals surface area contributed by atoms with E-state index in [1.165, 1.54) is 16.7 Å². The molecule has 1 aliphatic carbocycles. The molecule has 1 aliphatic heterocycles. The maximum absolute atomic E-state index is 12.8. The van der Waals surface area contributed by atoms with E-state index < -0.39 is 0 Å². The van der Waals surface area contributed by atoms with Gasteiger partial charge in [-0.25, -0.2) is 0 Å². The van der Waals surface area contributed by atoms with Crippen LogP contribution in [0.3, 0.4) is 0 Å². The first-order valence-corrected chi connectivity index (χ1v) is 10.2. The van der Waals surface area contributed by atoms with Crippen LogP contribution in [0.15, 0.2) is 28.8 Å². The molecule has 2 aromatic rings. The molecule has 7 nitrogen and oxygen atoms in total. The number of hydrogen-bond donors (Lipinski definition) is 2. The Morgan fingerprint density at radius 3 is 2.90 bits per heavy atom.